The van der Waals surface area contributed by atoms with E-state index >= 15 is 0 Å². The van der Waals surface area contributed by atoms with Crippen LogP contribution in [0.15, 0.2) is 243 Å². The fourth-order valence-corrected chi connectivity index (χ4v) is 13.7. The molecule has 0 aliphatic carbocycles. The first-order valence-electron chi connectivity index (χ1n) is 39.2. The molecule has 0 saturated heterocycles. The van der Waals surface area contributed by atoms with Gasteiger partial charge in [-0.3, -0.25) is 19.7 Å². The molecule has 129 heavy (non-hydrogen) atoms. The molecule has 20 rings (SSSR count). The predicted molar refractivity (Wildman–Crippen MR) is 462 cm³/mol. The van der Waals surface area contributed by atoms with Crippen LogP contribution >= 0.6 is 11.6 Å². The van der Waals surface area contributed by atoms with Crippen molar-refractivity contribution in [1.82, 2.24) is 109 Å². The molecule has 0 bridgehead atoms. The topological polar surface area (TPSA) is 349 Å². The Morgan fingerprint density at radius 1 is 0.364 bits per heavy atom. The van der Waals surface area contributed by atoms with E-state index in [0.717, 1.165) is 84.6 Å². The number of rotatable bonds is 24. The van der Waals surface area contributed by atoms with Gasteiger partial charge in [-0.05, 0) is 152 Å². The summed E-state index contributed by atoms with van der Waals surface area (Å²) >= 11 is 6.42. The highest BCUT2D eigenvalue weighted by atomic mass is 35.5. The highest BCUT2D eigenvalue weighted by Crippen LogP contribution is 2.35. The van der Waals surface area contributed by atoms with Gasteiger partial charge in [-0.1, -0.05) is 48.0 Å². The zero-order valence-electron chi connectivity index (χ0n) is 68.6. The molecule has 32 nitrogen and oxygen atoms in total. The van der Waals surface area contributed by atoms with Crippen molar-refractivity contribution in [3.8, 4) is 91.2 Å². The van der Waals surface area contributed by atoms with Crippen LogP contribution in [0.5, 0.6) is 46.1 Å². The van der Waals surface area contributed by atoms with Gasteiger partial charge < -0.3 is 47.9 Å². The maximum Gasteiger partial charge on any atom is 0.252 e. The minimum atomic E-state index is -1.53. The number of nitrogens with one attached hydrogen (secondary N) is 1. The van der Waals surface area contributed by atoms with E-state index in [-0.39, 0.29) is 43.6 Å². The van der Waals surface area contributed by atoms with E-state index in [1.165, 1.54) is 33.6 Å². The number of halogens is 6. The van der Waals surface area contributed by atoms with E-state index in [1.807, 2.05) is 115 Å². The molecule has 1 amide bonds. The van der Waals surface area contributed by atoms with Crippen molar-refractivity contribution >= 4 is 83.7 Å². The molecule has 12 heterocycles. The van der Waals surface area contributed by atoms with E-state index in [2.05, 4.69) is 91.4 Å². The number of carbonyl (C=O) groups excluding carboxylic acids is 1. The van der Waals surface area contributed by atoms with Crippen LogP contribution in [0.3, 0.4) is 0 Å². The Balaban J connectivity index is 0.000000121. The van der Waals surface area contributed by atoms with Gasteiger partial charge in [0.15, 0.2) is 69.9 Å². The van der Waals surface area contributed by atoms with E-state index in [1.54, 1.807) is 130 Å². The van der Waals surface area contributed by atoms with E-state index in [9.17, 15) is 26.7 Å². The summed E-state index contributed by atoms with van der Waals surface area (Å²) in [5, 5.41) is 57.6. The molecule has 0 atom stereocenters. The zero-order chi connectivity index (χ0) is 89.0. The molecule has 20 aromatic rings. The number of pyridine rings is 3. The number of fused-ring (bicyclic) bond motifs is 8. The van der Waals surface area contributed by atoms with Crippen LogP contribution in [0, 0.1) is 29.1 Å². The summed E-state index contributed by atoms with van der Waals surface area (Å²) in [4.78, 5) is 33.9. The molecule has 0 aliphatic heterocycles. The molecule has 0 spiro atoms. The Labute approximate surface area is 731 Å². The van der Waals surface area contributed by atoms with Gasteiger partial charge in [0.05, 0.1) is 95.9 Å². The highest BCUT2D eigenvalue weighted by Gasteiger charge is 2.21. The fourth-order valence-electron chi connectivity index (χ4n) is 13.4. The number of hydrogen-bond donors (Lipinski definition) is 1. The molecule has 0 unspecified atom stereocenters. The van der Waals surface area contributed by atoms with Crippen LogP contribution < -0.4 is 43.2 Å². The Morgan fingerprint density at radius 3 is 1.16 bits per heavy atom. The molecular formula is C91H68ClF5N22O10. The first-order chi connectivity index (χ1) is 63.0. The summed E-state index contributed by atoms with van der Waals surface area (Å²) in [5.74, 6) is 1.31. The highest BCUT2D eigenvalue weighted by molar-refractivity contribution is 6.34. The van der Waals surface area contributed by atoms with Gasteiger partial charge in [-0.15, -0.1) is 40.8 Å². The van der Waals surface area contributed by atoms with Crippen molar-refractivity contribution in [3.63, 3.8) is 0 Å². The molecule has 8 aromatic carbocycles. The second kappa shape index (κ2) is 38.2. The number of methoxy groups -OCH3 is 5. The Kier molecular flexibility index (Phi) is 25.0. The molecule has 1 N–H and O–H groups in total. The lowest BCUT2D eigenvalue weighted by atomic mass is 10.1. The summed E-state index contributed by atoms with van der Waals surface area (Å²) in [6, 6.07) is 61.4. The number of amides is 1. The summed E-state index contributed by atoms with van der Waals surface area (Å²) in [5.41, 5.74) is 9.69. The van der Waals surface area contributed by atoms with Gasteiger partial charge in [0.2, 0.25) is 5.88 Å². The third-order valence-electron chi connectivity index (χ3n) is 19.9. The van der Waals surface area contributed by atoms with Gasteiger partial charge >= 0.3 is 0 Å². The average Bonchev–Trinajstić information content (AvgIpc) is 1.72. The van der Waals surface area contributed by atoms with Crippen LogP contribution in [0.4, 0.5) is 22.0 Å². The van der Waals surface area contributed by atoms with Crippen molar-refractivity contribution < 1.29 is 69.4 Å². The lowest BCUT2D eigenvalue weighted by Crippen LogP contribution is -2.27. The second-order valence-electron chi connectivity index (χ2n) is 27.9. The number of aromatic nitrogens is 21. The standard InChI is InChI=1S/C26H23ClN6O4.C22H14F3N5O2.C22H15F2N5O2.C21H16N6O2/c1-35-12-11-29-26(34)18-5-3-16(13-20(18)27)21-7-8-24-30-31-25(33(24)32-21)15-37-23-9-10-28-22-14-17(36-2)4-6-19(22)23;1-31-13-2-3-14-18(10-13)26-7-6-19(14)32-11-21-28-27-20-5-4-17(29-30(20)21)12-8-15(23)22(25)16(24)9-12;1-30-16-2-3-17-19(11-16)25-7-6-20(17)31-12-22-27-26-21-5-4-18(28-29(21)22)13-8-14(23)10-15(24)9-13;1-28-15-7-8-16-18(11-15)22-13-23-21(16)29-12-20-25-24-19-10-9-17(26-27(19)20)14-5-3-2-4-6-14/h3-10,13-14H,11-12,15H2,1-2H3,(H,29,34);2-10H,11H2,1H3;2-11H,12H2,1H3;2-11,13H,12H2,1H3. The molecule has 0 saturated carbocycles. The molecule has 0 radical (unpaired) electrons. The first kappa shape index (κ1) is 84.5. The van der Waals surface area contributed by atoms with Crippen LogP contribution in [0.25, 0.3) is 111 Å². The largest absolute Gasteiger partial charge is 0.497 e. The quantitative estimate of drug-likeness (QED) is 0.0333. The molecule has 12 aromatic heterocycles. The van der Waals surface area contributed by atoms with Crippen molar-refractivity contribution in [2.24, 2.45) is 0 Å². The summed E-state index contributed by atoms with van der Waals surface area (Å²) in [6.45, 7) is 1.24. The Bertz CT molecular complexity index is 7510. The summed E-state index contributed by atoms with van der Waals surface area (Å²) in [7, 11) is 7.98. The molecular weight excluding hydrogens is 1690 g/mol. The molecule has 0 fully saturated rings. The van der Waals surface area contributed by atoms with Crippen LogP contribution in [0.1, 0.15) is 33.7 Å². The van der Waals surface area contributed by atoms with Crippen LogP contribution in [-0.2, 0) is 31.2 Å². The third kappa shape index (κ3) is 18.9. The van der Waals surface area contributed by atoms with Crippen molar-refractivity contribution in [2.75, 3.05) is 48.7 Å². The minimum Gasteiger partial charge on any atom is -0.497 e. The number of nitrogens with zero attached hydrogens (tertiary/aromatic N) is 21. The first-order valence-corrected chi connectivity index (χ1v) is 39.6. The minimum absolute atomic E-state index is 0.0227. The van der Waals surface area contributed by atoms with Crippen molar-refractivity contribution in [3.05, 3.63) is 306 Å². The van der Waals surface area contributed by atoms with Gasteiger partial charge in [0.25, 0.3) is 5.91 Å². The monoisotopic (exact) mass is 1760 g/mol. The SMILES string of the molecule is COCCNC(=O)c1ccc(-c2ccc3nnc(COc4ccnc5cc(OC)ccc45)n3n2)cc1Cl.COc1ccc2c(OCc3nnc4ccc(-c5cc(F)c(F)c(F)c5)nn34)ccnc2c1.COc1ccc2c(OCc3nnc4ccc(-c5cc(F)cc(F)c5)nn34)ccnc2c1.COc1ccc2c(OCc3nnc4ccc(-c5ccccc5)nn34)ncnc2c1. The normalized spacial score (nSPS) is 11.2. The molecule has 38 heteroatoms. The maximum atomic E-state index is 13.6. The summed E-state index contributed by atoms with van der Waals surface area (Å²) in [6.07, 6.45) is 6.41. The van der Waals surface area contributed by atoms with Gasteiger partial charge in [0, 0.05) is 101 Å². The Hall–Kier alpha value is -16.7. The van der Waals surface area contributed by atoms with Gasteiger partial charge in [-0.25, -0.2) is 31.9 Å². The lowest BCUT2D eigenvalue weighted by molar-refractivity contribution is 0.0937. The van der Waals surface area contributed by atoms with Crippen LogP contribution in [-0.4, -0.2) is 159 Å². The second-order valence-corrected chi connectivity index (χ2v) is 28.3. The van der Waals surface area contributed by atoms with Gasteiger partial charge in [-0.2, -0.15) is 38.5 Å². The smallest absolute Gasteiger partial charge is 0.252 e. The van der Waals surface area contributed by atoms with Gasteiger partial charge in [0.1, 0.15) is 78.0 Å². The lowest BCUT2D eigenvalue weighted by Gasteiger charge is -2.10. The zero-order valence-corrected chi connectivity index (χ0v) is 69.3. The number of ether oxygens (including phenoxy) is 9. The van der Waals surface area contributed by atoms with Crippen LogP contribution in [0.2, 0.25) is 5.02 Å². The van der Waals surface area contributed by atoms with E-state index in [4.69, 9.17) is 54.2 Å². The number of carbonyl (C=O) groups is 1. The van der Waals surface area contributed by atoms with Crippen molar-refractivity contribution in [1.29, 1.82) is 0 Å². The third-order valence-corrected chi connectivity index (χ3v) is 20.2. The maximum absolute atomic E-state index is 13.6. The van der Waals surface area contributed by atoms with E-state index < -0.39 is 29.1 Å². The molecule has 644 valence electrons. The molecule has 0 aliphatic rings. The number of benzene rings is 8. The van der Waals surface area contributed by atoms with Crippen molar-refractivity contribution in [2.45, 2.75) is 26.4 Å². The fraction of sp³-hybridized carbons (Fsp3) is 0.121. The summed E-state index contributed by atoms with van der Waals surface area (Å²) < 4.78 is 124. The van der Waals surface area contributed by atoms with E-state index in [0.29, 0.717) is 127 Å². The number of hydrogen-bond acceptors (Lipinski definition) is 27. The predicted octanol–water partition coefficient (Wildman–Crippen LogP) is 15.8. The Morgan fingerprint density at radius 2 is 0.752 bits per heavy atom. The average molecular weight is 1760 g/mol.